The van der Waals surface area contributed by atoms with Crippen molar-refractivity contribution in [3.63, 3.8) is 0 Å². The van der Waals surface area contributed by atoms with E-state index in [1.165, 1.54) is 5.56 Å². The molecule has 31 heavy (non-hydrogen) atoms. The number of anilines is 1. The summed E-state index contributed by atoms with van der Waals surface area (Å²) in [5.41, 5.74) is 2.20. The molecule has 1 aromatic heterocycles. The average Bonchev–Trinajstić information content (AvgIpc) is 3.31. The Kier molecular flexibility index (Phi) is 6.50. The molecule has 7 heteroatoms. The summed E-state index contributed by atoms with van der Waals surface area (Å²) in [7, 11) is 3.42. The monoisotopic (exact) mass is 420 g/mol. The number of benzene rings is 2. The quantitative estimate of drug-likeness (QED) is 0.581. The van der Waals surface area contributed by atoms with Gasteiger partial charge in [-0.2, -0.15) is 4.98 Å². The lowest BCUT2D eigenvalue weighted by Crippen LogP contribution is -2.43. The predicted molar refractivity (Wildman–Crippen MR) is 119 cm³/mol. The van der Waals surface area contributed by atoms with E-state index in [1.54, 1.807) is 19.1 Å². The third-order valence-electron chi connectivity index (χ3n) is 5.80. The van der Waals surface area contributed by atoms with Crippen LogP contribution in [0, 0.1) is 5.92 Å². The molecule has 0 radical (unpaired) electrons. The van der Waals surface area contributed by atoms with Crippen LogP contribution in [-0.4, -0.2) is 54.7 Å². The van der Waals surface area contributed by atoms with Gasteiger partial charge >= 0.3 is 6.01 Å². The predicted octanol–water partition coefficient (Wildman–Crippen LogP) is 3.66. The van der Waals surface area contributed by atoms with E-state index in [4.69, 9.17) is 9.26 Å². The Hall–Kier alpha value is -3.35. The minimum atomic E-state index is 0.0878. The van der Waals surface area contributed by atoms with Crippen molar-refractivity contribution in [1.29, 1.82) is 0 Å². The molecule has 0 N–H and O–H groups in total. The van der Waals surface area contributed by atoms with E-state index >= 15 is 0 Å². The van der Waals surface area contributed by atoms with E-state index in [0.29, 0.717) is 17.8 Å². The van der Waals surface area contributed by atoms with Crippen LogP contribution in [0.2, 0.25) is 0 Å². The Morgan fingerprint density at radius 2 is 1.84 bits per heavy atom. The molecule has 0 spiro atoms. The maximum absolute atomic E-state index is 12.8. The van der Waals surface area contributed by atoms with Crippen molar-refractivity contribution in [2.24, 2.45) is 5.92 Å². The van der Waals surface area contributed by atoms with Crippen LogP contribution < -0.4 is 9.64 Å². The molecular formula is C24H28N4O3. The van der Waals surface area contributed by atoms with Gasteiger partial charge in [0.25, 0.3) is 0 Å². The van der Waals surface area contributed by atoms with Gasteiger partial charge in [-0.1, -0.05) is 35.5 Å². The lowest BCUT2D eigenvalue weighted by molar-refractivity contribution is -0.131. The molecule has 0 aliphatic carbocycles. The summed E-state index contributed by atoms with van der Waals surface area (Å²) in [5, 5.41) is 4.04. The minimum Gasteiger partial charge on any atom is -0.497 e. The molecule has 0 saturated carbocycles. The highest BCUT2D eigenvalue weighted by atomic mass is 16.5. The van der Waals surface area contributed by atoms with E-state index in [2.05, 4.69) is 34.4 Å². The Morgan fingerprint density at radius 1 is 1.13 bits per heavy atom. The second-order valence-electron chi connectivity index (χ2n) is 8.00. The molecule has 4 rings (SSSR count). The number of likely N-dealkylation sites (N-methyl/N-ethyl adjacent to an activating group) is 1. The van der Waals surface area contributed by atoms with Crippen LogP contribution in [-0.2, 0) is 11.2 Å². The van der Waals surface area contributed by atoms with Crippen molar-refractivity contribution in [3.05, 3.63) is 60.2 Å². The lowest BCUT2D eigenvalue weighted by atomic mass is 9.90. The third kappa shape index (κ3) is 5.23. The Balaban J connectivity index is 1.28. The van der Waals surface area contributed by atoms with Gasteiger partial charge in [0.05, 0.1) is 7.11 Å². The van der Waals surface area contributed by atoms with E-state index in [-0.39, 0.29) is 12.5 Å². The van der Waals surface area contributed by atoms with Crippen LogP contribution in [0.5, 0.6) is 5.75 Å². The molecule has 1 fully saturated rings. The number of aromatic nitrogens is 2. The number of carbonyl (C=O) groups excluding carboxylic acids is 1. The van der Waals surface area contributed by atoms with Crippen molar-refractivity contribution in [1.82, 2.24) is 15.0 Å². The Morgan fingerprint density at radius 3 is 2.52 bits per heavy atom. The number of ether oxygens (including phenoxy) is 1. The second kappa shape index (κ2) is 9.64. The van der Waals surface area contributed by atoms with Crippen molar-refractivity contribution < 1.29 is 14.1 Å². The Labute approximate surface area is 182 Å². The maximum atomic E-state index is 12.8. The fourth-order valence-corrected chi connectivity index (χ4v) is 3.93. The van der Waals surface area contributed by atoms with Gasteiger partial charge in [-0.15, -0.1) is 0 Å². The van der Waals surface area contributed by atoms with Gasteiger partial charge < -0.3 is 19.1 Å². The van der Waals surface area contributed by atoms with Gasteiger partial charge in [0, 0.05) is 25.7 Å². The summed E-state index contributed by atoms with van der Waals surface area (Å²) >= 11 is 0. The second-order valence-corrected chi connectivity index (χ2v) is 8.00. The van der Waals surface area contributed by atoms with E-state index < -0.39 is 0 Å². The number of carbonyl (C=O) groups is 1. The number of piperidine rings is 1. The molecule has 1 saturated heterocycles. The van der Waals surface area contributed by atoms with Crippen molar-refractivity contribution in [3.8, 4) is 17.1 Å². The molecule has 2 aromatic carbocycles. The average molecular weight is 421 g/mol. The van der Waals surface area contributed by atoms with Crippen molar-refractivity contribution in [2.75, 3.05) is 38.7 Å². The maximum Gasteiger partial charge on any atom is 0.324 e. The number of rotatable bonds is 7. The largest absolute Gasteiger partial charge is 0.497 e. The van der Waals surface area contributed by atoms with Gasteiger partial charge in [0.1, 0.15) is 12.3 Å². The van der Waals surface area contributed by atoms with Crippen LogP contribution in [0.3, 0.4) is 0 Å². The summed E-state index contributed by atoms with van der Waals surface area (Å²) < 4.78 is 10.5. The summed E-state index contributed by atoms with van der Waals surface area (Å²) in [4.78, 5) is 20.9. The summed E-state index contributed by atoms with van der Waals surface area (Å²) in [6.45, 7) is 1.81. The van der Waals surface area contributed by atoms with Crippen LogP contribution in [0.15, 0.2) is 59.1 Å². The smallest absolute Gasteiger partial charge is 0.324 e. The van der Waals surface area contributed by atoms with E-state index in [9.17, 15) is 4.79 Å². The van der Waals surface area contributed by atoms with Gasteiger partial charge in [0.15, 0.2) is 0 Å². The van der Waals surface area contributed by atoms with Crippen molar-refractivity contribution in [2.45, 2.75) is 19.3 Å². The summed E-state index contributed by atoms with van der Waals surface area (Å²) in [6.07, 6.45) is 3.15. The number of hydrogen-bond donors (Lipinski definition) is 0. The van der Waals surface area contributed by atoms with Crippen LogP contribution >= 0.6 is 0 Å². The number of likely N-dealkylation sites (tertiary alicyclic amines) is 1. The fraction of sp³-hybridized carbons (Fsp3) is 0.375. The molecule has 3 aromatic rings. The van der Waals surface area contributed by atoms with E-state index in [1.807, 2.05) is 35.2 Å². The number of hydrogen-bond acceptors (Lipinski definition) is 6. The van der Waals surface area contributed by atoms with Crippen LogP contribution in [0.1, 0.15) is 18.4 Å². The van der Waals surface area contributed by atoms with Crippen molar-refractivity contribution >= 4 is 11.9 Å². The van der Waals surface area contributed by atoms with Crippen LogP contribution in [0.4, 0.5) is 6.01 Å². The van der Waals surface area contributed by atoms with Gasteiger partial charge in [-0.25, -0.2) is 0 Å². The number of methoxy groups -OCH3 is 1. The Bertz CT molecular complexity index is 980. The van der Waals surface area contributed by atoms with Gasteiger partial charge in [-0.05, 0) is 55.0 Å². The molecule has 1 aliphatic rings. The van der Waals surface area contributed by atoms with E-state index in [0.717, 1.165) is 43.7 Å². The molecular weight excluding hydrogens is 392 g/mol. The molecule has 162 valence electrons. The fourth-order valence-electron chi connectivity index (χ4n) is 3.93. The minimum absolute atomic E-state index is 0.0878. The third-order valence-corrected chi connectivity index (χ3v) is 5.80. The summed E-state index contributed by atoms with van der Waals surface area (Å²) in [5.74, 6) is 1.97. The van der Waals surface area contributed by atoms with Gasteiger partial charge in [0.2, 0.25) is 11.7 Å². The normalized spacial score (nSPS) is 14.5. The van der Waals surface area contributed by atoms with Crippen LogP contribution in [0.25, 0.3) is 11.4 Å². The lowest BCUT2D eigenvalue weighted by Gasteiger charge is -2.33. The highest BCUT2D eigenvalue weighted by Gasteiger charge is 2.25. The first-order chi connectivity index (χ1) is 15.1. The molecule has 1 aliphatic heterocycles. The molecule has 0 unspecified atom stereocenters. The first-order valence-corrected chi connectivity index (χ1v) is 10.6. The first-order valence-electron chi connectivity index (χ1n) is 10.6. The highest BCUT2D eigenvalue weighted by molar-refractivity contribution is 5.80. The zero-order chi connectivity index (χ0) is 21.6. The van der Waals surface area contributed by atoms with Gasteiger partial charge in [-0.3, -0.25) is 4.79 Å². The zero-order valence-corrected chi connectivity index (χ0v) is 18.0. The molecule has 2 heterocycles. The number of amides is 1. The first kappa shape index (κ1) is 20.9. The number of nitrogens with zero attached hydrogens (tertiary/aromatic N) is 4. The molecule has 1 amide bonds. The summed E-state index contributed by atoms with van der Waals surface area (Å²) in [6, 6.07) is 18.3. The standard InChI is InChI=1S/C24H28N4O3/c1-27(24-25-23(26-31-24)20-8-10-21(30-2)11-9-20)17-22(29)28-14-12-19(13-15-28)16-18-6-4-3-5-7-18/h3-11,19H,12-17H2,1-2H3. The molecule has 0 atom stereocenters. The molecule has 7 nitrogen and oxygen atoms in total. The molecule has 0 bridgehead atoms. The zero-order valence-electron chi connectivity index (χ0n) is 18.0. The SMILES string of the molecule is COc1ccc(-c2noc(N(C)CC(=O)N3CCC(Cc4ccccc4)CC3)n2)cc1. The highest BCUT2D eigenvalue weighted by Crippen LogP contribution is 2.24. The topological polar surface area (TPSA) is 71.7 Å².